The van der Waals surface area contributed by atoms with E-state index in [0.29, 0.717) is 5.56 Å². The van der Waals surface area contributed by atoms with Crippen LogP contribution in [0.4, 0.5) is 4.79 Å². The first kappa shape index (κ1) is 30.6. The van der Waals surface area contributed by atoms with Crippen LogP contribution in [0.15, 0.2) is 96.8 Å². The Balaban J connectivity index is 1.82. The average molecular weight is 567 g/mol. The number of aromatic hydroxyl groups is 1. The van der Waals surface area contributed by atoms with Crippen molar-refractivity contribution in [3.63, 3.8) is 0 Å². The Morgan fingerprint density at radius 3 is 2.05 bits per heavy atom. The van der Waals surface area contributed by atoms with Crippen LogP contribution in [0, 0.1) is 0 Å². The molecule has 0 fully saturated rings. The standard InChI is InChI=1S/C30H35N2O7P/c1-3-38-40(36,39-4-2)20-19-27(25-13-9-6-10-14-25)31-29(34)28(21-23-15-17-26(33)18-16-23)32-30(35)37-22-24-11-7-5-8-12-24/h5-20,27-28,33H,3-4,21-22H2,1-2H3,(H,31,34)(H,32,35)/b20-19+/t27?,28-/m0/s1. The minimum Gasteiger partial charge on any atom is -0.508 e. The highest BCUT2D eigenvalue weighted by molar-refractivity contribution is 7.57. The topological polar surface area (TPSA) is 123 Å². The maximum Gasteiger partial charge on any atom is 0.408 e. The number of hydrogen-bond acceptors (Lipinski definition) is 7. The Morgan fingerprint density at radius 2 is 1.45 bits per heavy atom. The number of rotatable bonds is 14. The Morgan fingerprint density at radius 1 is 0.850 bits per heavy atom. The molecule has 212 valence electrons. The van der Waals surface area contributed by atoms with Crippen LogP contribution in [0.25, 0.3) is 0 Å². The quantitative estimate of drug-likeness (QED) is 0.209. The molecule has 3 aromatic rings. The highest BCUT2D eigenvalue weighted by atomic mass is 31.2. The fourth-order valence-corrected chi connectivity index (χ4v) is 5.16. The van der Waals surface area contributed by atoms with Crippen molar-refractivity contribution in [3.05, 3.63) is 114 Å². The Hall–Kier alpha value is -3.91. The maximum atomic E-state index is 13.6. The van der Waals surface area contributed by atoms with Crippen molar-refractivity contribution >= 4 is 19.6 Å². The molecule has 0 aliphatic rings. The average Bonchev–Trinajstić information content (AvgIpc) is 2.96. The Bertz CT molecular complexity index is 1270. The molecule has 0 aliphatic heterocycles. The predicted molar refractivity (Wildman–Crippen MR) is 153 cm³/mol. The zero-order chi connectivity index (χ0) is 28.8. The zero-order valence-electron chi connectivity index (χ0n) is 22.6. The second-order valence-electron chi connectivity index (χ2n) is 8.74. The fraction of sp³-hybridized carbons (Fsp3) is 0.267. The highest BCUT2D eigenvalue weighted by Gasteiger charge is 2.26. The van der Waals surface area contributed by atoms with Gasteiger partial charge in [-0.2, -0.15) is 0 Å². The lowest BCUT2D eigenvalue weighted by molar-refractivity contribution is -0.123. The third-order valence-electron chi connectivity index (χ3n) is 5.73. The molecule has 2 atom stereocenters. The van der Waals surface area contributed by atoms with Gasteiger partial charge < -0.3 is 29.5 Å². The number of amides is 2. The van der Waals surface area contributed by atoms with Gasteiger partial charge in [-0.3, -0.25) is 9.36 Å². The molecule has 0 heterocycles. The van der Waals surface area contributed by atoms with Gasteiger partial charge in [0.05, 0.1) is 19.3 Å². The largest absolute Gasteiger partial charge is 0.508 e. The molecule has 10 heteroatoms. The first-order valence-corrected chi connectivity index (χ1v) is 14.6. The number of benzene rings is 3. The minimum atomic E-state index is -3.53. The summed E-state index contributed by atoms with van der Waals surface area (Å²) in [7, 11) is -3.53. The van der Waals surface area contributed by atoms with Crippen molar-refractivity contribution in [2.75, 3.05) is 13.2 Å². The summed E-state index contributed by atoms with van der Waals surface area (Å²) >= 11 is 0. The van der Waals surface area contributed by atoms with E-state index in [2.05, 4.69) is 10.6 Å². The van der Waals surface area contributed by atoms with Crippen LogP contribution in [-0.4, -0.2) is 36.4 Å². The monoisotopic (exact) mass is 566 g/mol. The molecule has 3 rings (SSSR count). The van der Waals surface area contributed by atoms with E-state index in [4.69, 9.17) is 13.8 Å². The lowest BCUT2D eigenvalue weighted by Gasteiger charge is -2.23. The number of carbonyl (C=O) groups is 2. The lowest BCUT2D eigenvalue weighted by atomic mass is 10.0. The molecule has 0 spiro atoms. The van der Waals surface area contributed by atoms with Crippen molar-refractivity contribution in [1.82, 2.24) is 10.6 Å². The van der Waals surface area contributed by atoms with Gasteiger partial charge in [0, 0.05) is 12.2 Å². The number of phenols is 1. The third-order valence-corrected chi connectivity index (χ3v) is 7.51. The van der Waals surface area contributed by atoms with Crippen LogP contribution in [0.3, 0.4) is 0 Å². The predicted octanol–water partition coefficient (Wildman–Crippen LogP) is 5.87. The van der Waals surface area contributed by atoms with E-state index in [0.717, 1.165) is 11.1 Å². The smallest absolute Gasteiger partial charge is 0.408 e. The van der Waals surface area contributed by atoms with E-state index < -0.39 is 31.7 Å². The fourth-order valence-electron chi connectivity index (χ4n) is 3.82. The van der Waals surface area contributed by atoms with Crippen LogP contribution in [0.1, 0.15) is 36.6 Å². The Labute approximate surface area is 234 Å². The first-order valence-electron chi connectivity index (χ1n) is 13.0. The van der Waals surface area contributed by atoms with Crippen LogP contribution >= 0.6 is 7.60 Å². The number of alkyl carbamates (subject to hydrolysis) is 1. The summed E-state index contributed by atoms with van der Waals surface area (Å²) in [6, 6.07) is 22.9. The molecular weight excluding hydrogens is 531 g/mol. The summed E-state index contributed by atoms with van der Waals surface area (Å²) in [5, 5.41) is 15.2. The van der Waals surface area contributed by atoms with E-state index in [1.54, 1.807) is 32.1 Å². The Kier molecular flexibility index (Phi) is 12.0. The molecule has 40 heavy (non-hydrogen) atoms. The number of phenolic OH excluding ortho intramolecular Hbond substituents is 1. The van der Waals surface area contributed by atoms with Crippen molar-refractivity contribution in [3.8, 4) is 5.75 Å². The summed E-state index contributed by atoms with van der Waals surface area (Å²) < 4.78 is 29.1. The van der Waals surface area contributed by atoms with E-state index in [1.165, 1.54) is 17.9 Å². The van der Waals surface area contributed by atoms with Crippen molar-refractivity contribution in [2.24, 2.45) is 0 Å². The van der Waals surface area contributed by atoms with E-state index in [-0.39, 0.29) is 32.0 Å². The highest BCUT2D eigenvalue weighted by Crippen LogP contribution is 2.50. The molecule has 1 unspecified atom stereocenters. The molecule has 9 nitrogen and oxygen atoms in total. The minimum absolute atomic E-state index is 0.0414. The van der Waals surface area contributed by atoms with Gasteiger partial charge in [0.15, 0.2) is 0 Å². The number of nitrogens with one attached hydrogen (secondary N) is 2. The molecule has 3 aromatic carbocycles. The summed E-state index contributed by atoms with van der Waals surface area (Å²) in [6.45, 7) is 3.85. The molecule has 0 saturated carbocycles. The van der Waals surface area contributed by atoms with Gasteiger partial charge in [-0.1, -0.05) is 72.8 Å². The van der Waals surface area contributed by atoms with Gasteiger partial charge in [-0.15, -0.1) is 0 Å². The molecule has 2 amide bonds. The van der Waals surface area contributed by atoms with Crippen molar-refractivity contribution in [2.45, 2.75) is 39.0 Å². The van der Waals surface area contributed by atoms with Gasteiger partial charge >= 0.3 is 13.7 Å². The summed E-state index contributed by atoms with van der Waals surface area (Å²) in [5.74, 6) is 0.933. The molecule has 0 radical (unpaired) electrons. The maximum absolute atomic E-state index is 13.6. The van der Waals surface area contributed by atoms with Crippen molar-refractivity contribution in [1.29, 1.82) is 0 Å². The van der Waals surface area contributed by atoms with Gasteiger partial charge in [-0.25, -0.2) is 4.79 Å². The van der Waals surface area contributed by atoms with Gasteiger partial charge in [0.25, 0.3) is 0 Å². The van der Waals surface area contributed by atoms with Crippen LogP contribution in [0.5, 0.6) is 5.75 Å². The van der Waals surface area contributed by atoms with E-state index in [1.807, 2.05) is 60.7 Å². The second kappa shape index (κ2) is 15.6. The van der Waals surface area contributed by atoms with Crippen LogP contribution < -0.4 is 10.6 Å². The van der Waals surface area contributed by atoms with Gasteiger partial charge in [-0.05, 0) is 48.7 Å². The number of carbonyl (C=O) groups excluding carboxylic acids is 2. The van der Waals surface area contributed by atoms with Crippen molar-refractivity contribution < 1.29 is 33.0 Å². The summed E-state index contributed by atoms with van der Waals surface area (Å²) in [5.41, 5.74) is 2.24. The van der Waals surface area contributed by atoms with E-state index in [9.17, 15) is 19.3 Å². The molecular formula is C30H35N2O7P. The van der Waals surface area contributed by atoms with E-state index >= 15 is 0 Å². The van der Waals surface area contributed by atoms with Crippen LogP contribution in [-0.2, 0) is 36.2 Å². The molecule has 3 N–H and O–H groups in total. The third kappa shape index (κ3) is 10.0. The summed E-state index contributed by atoms with van der Waals surface area (Å²) in [6.07, 6.45) is 0.936. The number of hydrogen-bond donors (Lipinski definition) is 3. The normalized spacial score (nSPS) is 12.9. The lowest BCUT2D eigenvalue weighted by Crippen LogP contribution is -2.48. The second-order valence-corrected chi connectivity index (χ2v) is 10.6. The molecule has 0 saturated heterocycles. The SMILES string of the molecule is CCOP(=O)(/C=C/C(NC(=O)[C@H](Cc1ccc(O)cc1)NC(=O)OCc1ccccc1)c1ccccc1)OCC. The molecule has 0 aromatic heterocycles. The number of ether oxygens (including phenoxy) is 1. The molecule has 0 aliphatic carbocycles. The molecule has 0 bridgehead atoms. The van der Waals surface area contributed by atoms with Gasteiger partial charge in [0.2, 0.25) is 5.91 Å². The van der Waals surface area contributed by atoms with Crippen LogP contribution in [0.2, 0.25) is 0 Å². The summed E-state index contributed by atoms with van der Waals surface area (Å²) in [4.78, 5) is 26.3. The van der Waals surface area contributed by atoms with Gasteiger partial charge in [0.1, 0.15) is 18.4 Å². The first-order chi connectivity index (χ1) is 19.3. The zero-order valence-corrected chi connectivity index (χ0v) is 23.5.